The zero-order valence-electron chi connectivity index (χ0n) is 15.9. The molecule has 1 aliphatic carbocycles. The first kappa shape index (κ1) is 18.0. The van der Waals surface area contributed by atoms with E-state index < -0.39 is 0 Å². The van der Waals surface area contributed by atoms with Gasteiger partial charge in [-0.3, -0.25) is 9.80 Å². The summed E-state index contributed by atoms with van der Waals surface area (Å²) in [6.45, 7) is 0.635. The molecular formula is C22H26FN3O. The van der Waals surface area contributed by atoms with Crippen LogP contribution in [0.3, 0.4) is 0 Å². The van der Waals surface area contributed by atoms with Crippen LogP contribution in [-0.4, -0.2) is 37.1 Å². The number of halogens is 1. The Balaban J connectivity index is 1.54. The number of urea groups is 1. The average Bonchev–Trinajstić information content (AvgIpc) is 3.00. The van der Waals surface area contributed by atoms with Crippen molar-refractivity contribution in [1.82, 2.24) is 10.2 Å². The molecule has 2 aromatic rings. The summed E-state index contributed by atoms with van der Waals surface area (Å²) in [6.07, 6.45) is 3.82. The van der Waals surface area contributed by atoms with Gasteiger partial charge in [0.05, 0.1) is 12.1 Å². The lowest BCUT2D eigenvalue weighted by atomic mass is 9.69. The van der Waals surface area contributed by atoms with E-state index in [1.807, 2.05) is 0 Å². The molecule has 2 fully saturated rings. The summed E-state index contributed by atoms with van der Waals surface area (Å²) in [7, 11) is 4.28. The van der Waals surface area contributed by atoms with Gasteiger partial charge in [0.1, 0.15) is 5.82 Å². The fraction of sp³-hybridized carbons (Fsp3) is 0.409. The van der Waals surface area contributed by atoms with E-state index in [9.17, 15) is 9.18 Å². The third-order valence-corrected chi connectivity index (χ3v) is 6.42. The second kappa shape index (κ2) is 6.64. The van der Waals surface area contributed by atoms with E-state index in [1.54, 1.807) is 17.0 Å². The van der Waals surface area contributed by atoms with Crippen LogP contribution in [-0.2, 0) is 5.54 Å². The average molecular weight is 367 g/mol. The molecule has 0 unspecified atom stereocenters. The highest BCUT2D eigenvalue weighted by Gasteiger charge is 2.50. The number of nitrogens with one attached hydrogen (secondary N) is 1. The first-order valence-electron chi connectivity index (χ1n) is 9.52. The molecule has 2 aromatic carbocycles. The van der Waals surface area contributed by atoms with Crippen LogP contribution >= 0.6 is 0 Å². The molecule has 1 saturated carbocycles. The lowest BCUT2D eigenvalue weighted by Crippen LogP contribution is -2.54. The topological polar surface area (TPSA) is 35.6 Å². The number of anilines is 1. The van der Waals surface area contributed by atoms with Crippen molar-refractivity contribution in [2.75, 3.05) is 25.5 Å². The first-order valence-corrected chi connectivity index (χ1v) is 9.52. The number of carbonyl (C=O) groups is 1. The SMILES string of the molecule is CN(C)C1(c2ccccc2)CCC2(CC1)CN(c1ccc(F)cc1)C(=O)N2. The van der Waals surface area contributed by atoms with Crippen molar-refractivity contribution in [3.8, 4) is 0 Å². The van der Waals surface area contributed by atoms with E-state index >= 15 is 0 Å². The molecule has 27 heavy (non-hydrogen) atoms. The standard InChI is InChI=1S/C22H26FN3O/c1-25(2)22(17-6-4-3-5-7-17)14-12-21(13-15-22)16-26(20(27)24-21)19-10-8-18(23)9-11-19/h3-11H,12-16H2,1-2H3,(H,24,27). The molecule has 2 amide bonds. The van der Waals surface area contributed by atoms with Crippen LogP contribution in [0, 0.1) is 5.82 Å². The molecule has 0 atom stereocenters. The van der Waals surface area contributed by atoms with Gasteiger partial charge in [-0.2, -0.15) is 0 Å². The number of hydrogen-bond donors (Lipinski definition) is 1. The normalized spacial score (nSPS) is 28.0. The van der Waals surface area contributed by atoms with Crippen molar-refractivity contribution in [2.45, 2.75) is 36.8 Å². The van der Waals surface area contributed by atoms with Gasteiger partial charge >= 0.3 is 6.03 Å². The molecule has 1 N–H and O–H groups in total. The zero-order valence-corrected chi connectivity index (χ0v) is 15.9. The first-order chi connectivity index (χ1) is 12.9. The van der Waals surface area contributed by atoms with Crippen LogP contribution in [0.25, 0.3) is 0 Å². The van der Waals surface area contributed by atoms with Gasteiger partial charge in [-0.25, -0.2) is 9.18 Å². The van der Waals surface area contributed by atoms with Gasteiger partial charge < -0.3 is 5.32 Å². The van der Waals surface area contributed by atoms with E-state index in [1.165, 1.54) is 17.7 Å². The van der Waals surface area contributed by atoms with E-state index in [4.69, 9.17) is 0 Å². The predicted molar refractivity (Wildman–Crippen MR) is 105 cm³/mol. The summed E-state index contributed by atoms with van der Waals surface area (Å²) in [5.41, 5.74) is 1.88. The zero-order chi connectivity index (χ0) is 19.1. The monoisotopic (exact) mass is 367 g/mol. The number of hydrogen-bond acceptors (Lipinski definition) is 2. The van der Waals surface area contributed by atoms with E-state index in [-0.39, 0.29) is 22.9 Å². The minimum Gasteiger partial charge on any atom is -0.330 e. The molecule has 142 valence electrons. The van der Waals surface area contributed by atoms with Gasteiger partial charge in [0.2, 0.25) is 0 Å². The summed E-state index contributed by atoms with van der Waals surface area (Å²) in [6, 6.07) is 16.7. The number of rotatable bonds is 3. The Hall–Kier alpha value is -2.40. The molecule has 0 bridgehead atoms. The molecule has 1 spiro atoms. The smallest absolute Gasteiger partial charge is 0.322 e. The molecule has 4 nitrogen and oxygen atoms in total. The highest BCUT2D eigenvalue weighted by molar-refractivity contribution is 5.95. The second-order valence-corrected chi connectivity index (χ2v) is 8.07. The Morgan fingerprint density at radius 3 is 2.19 bits per heavy atom. The predicted octanol–water partition coefficient (Wildman–Crippen LogP) is 4.13. The maximum atomic E-state index is 13.2. The summed E-state index contributed by atoms with van der Waals surface area (Å²) in [5, 5.41) is 3.24. The van der Waals surface area contributed by atoms with Gasteiger partial charge in [-0.1, -0.05) is 30.3 Å². The minimum atomic E-state index is -0.288. The Kier molecular flexibility index (Phi) is 4.42. The van der Waals surface area contributed by atoms with Gasteiger partial charge in [0, 0.05) is 11.2 Å². The molecule has 5 heteroatoms. The van der Waals surface area contributed by atoms with Gasteiger partial charge in [-0.05, 0) is 69.6 Å². The number of benzene rings is 2. The molecule has 0 aromatic heterocycles. The molecule has 0 radical (unpaired) electrons. The maximum Gasteiger partial charge on any atom is 0.322 e. The van der Waals surface area contributed by atoms with Crippen molar-refractivity contribution in [2.24, 2.45) is 0 Å². The summed E-state index contributed by atoms with van der Waals surface area (Å²) < 4.78 is 13.2. The van der Waals surface area contributed by atoms with Crippen LogP contribution in [0.4, 0.5) is 14.9 Å². The number of amides is 2. The lowest BCUT2D eigenvalue weighted by molar-refractivity contribution is 0.0658. The van der Waals surface area contributed by atoms with E-state index in [0.29, 0.717) is 6.54 Å². The van der Waals surface area contributed by atoms with Crippen molar-refractivity contribution in [3.63, 3.8) is 0 Å². The maximum absolute atomic E-state index is 13.2. The molecule has 1 aliphatic heterocycles. The highest BCUT2D eigenvalue weighted by atomic mass is 19.1. The minimum absolute atomic E-state index is 0.000529. The lowest BCUT2D eigenvalue weighted by Gasteiger charge is -2.48. The second-order valence-electron chi connectivity index (χ2n) is 8.07. The summed E-state index contributed by atoms with van der Waals surface area (Å²) in [5.74, 6) is -0.288. The highest BCUT2D eigenvalue weighted by Crippen LogP contribution is 2.46. The Labute approximate surface area is 160 Å². The van der Waals surface area contributed by atoms with Crippen molar-refractivity contribution in [3.05, 3.63) is 66.0 Å². The molecule has 2 aliphatic rings. The van der Waals surface area contributed by atoms with E-state index in [2.05, 4.69) is 54.6 Å². The molecule has 1 heterocycles. The third-order valence-electron chi connectivity index (χ3n) is 6.42. The Morgan fingerprint density at radius 2 is 1.59 bits per heavy atom. The molecule has 4 rings (SSSR count). The van der Waals surface area contributed by atoms with Crippen molar-refractivity contribution >= 4 is 11.7 Å². The van der Waals surface area contributed by atoms with Crippen LogP contribution in [0.15, 0.2) is 54.6 Å². The Bertz CT molecular complexity index is 811. The van der Waals surface area contributed by atoms with E-state index in [0.717, 1.165) is 31.4 Å². The third kappa shape index (κ3) is 3.10. The van der Waals surface area contributed by atoms with Crippen LogP contribution in [0.1, 0.15) is 31.2 Å². The van der Waals surface area contributed by atoms with Crippen LogP contribution in [0.5, 0.6) is 0 Å². The molecule has 1 saturated heterocycles. The van der Waals surface area contributed by atoms with Gasteiger partial charge in [0.15, 0.2) is 0 Å². The number of nitrogens with zero attached hydrogens (tertiary/aromatic N) is 2. The van der Waals surface area contributed by atoms with Gasteiger partial charge in [0.25, 0.3) is 0 Å². The Morgan fingerprint density at radius 1 is 0.963 bits per heavy atom. The molecular weight excluding hydrogens is 341 g/mol. The quantitative estimate of drug-likeness (QED) is 0.886. The van der Waals surface area contributed by atoms with Crippen LogP contribution in [0.2, 0.25) is 0 Å². The van der Waals surface area contributed by atoms with Crippen molar-refractivity contribution < 1.29 is 9.18 Å². The van der Waals surface area contributed by atoms with Crippen molar-refractivity contribution in [1.29, 1.82) is 0 Å². The summed E-state index contributed by atoms with van der Waals surface area (Å²) in [4.78, 5) is 16.7. The van der Waals surface area contributed by atoms with Gasteiger partial charge in [-0.15, -0.1) is 0 Å². The number of carbonyl (C=O) groups excluding carboxylic acids is 1. The largest absolute Gasteiger partial charge is 0.330 e. The van der Waals surface area contributed by atoms with Crippen LogP contribution < -0.4 is 10.2 Å². The summed E-state index contributed by atoms with van der Waals surface area (Å²) >= 11 is 0. The fourth-order valence-electron chi connectivity index (χ4n) is 4.71. The fourth-order valence-corrected chi connectivity index (χ4v) is 4.71.